The van der Waals surface area contributed by atoms with E-state index in [0.29, 0.717) is 81.0 Å². The van der Waals surface area contributed by atoms with Gasteiger partial charge in [-0.3, -0.25) is 29.2 Å². The van der Waals surface area contributed by atoms with Crippen molar-refractivity contribution < 1.29 is 77.5 Å². The van der Waals surface area contributed by atoms with Gasteiger partial charge >= 0.3 is 38.6 Å². The first kappa shape index (κ1) is 45.3. The van der Waals surface area contributed by atoms with Gasteiger partial charge in [-0.2, -0.15) is 0 Å². The van der Waals surface area contributed by atoms with Gasteiger partial charge in [0.05, 0.1) is 41.0 Å². The first-order chi connectivity index (χ1) is 26.9. The maximum Gasteiger partial charge on any atom is 3.00 e. The quantitative estimate of drug-likeness (QED) is 0.173. The fraction of sp³-hybridized carbons (Fsp3) is 0.366. The second kappa shape index (κ2) is 21.9. The van der Waals surface area contributed by atoms with Crippen LogP contribution in [0.1, 0.15) is 31.1 Å². The molecule has 57 heavy (non-hydrogen) atoms. The molecule has 5 aromatic rings. The Labute approximate surface area is 360 Å². The normalized spacial score (nSPS) is 15.7. The Morgan fingerprint density at radius 2 is 1.19 bits per heavy atom. The summed E-state index contributed by atoms with van der Waals surface area (Å²) in [5.74, 6) is -3.68. The minimum absolute atomic E-state index is 0. The van der Waals surface area contributed by atoms with Crippen molar-refractivity contribution >= 4 is 56.7 Å². The largest absolute Gasteiger partial charge is 3.00 e. The number of nitrogens with one attached hydrogen (secondary N) is 1. The molecule has 302 valence electrons. The van der Waals surface area contributed by atoms with Crippen molar-refractivity contribution in [1.82, 2.24) is 29.9 Å². The van der Waals surface area contributed by atoms with Gasteiger partial charge in [0.15, 0.2) is 0 Å². The maximum atomic E-state index is 13.4. The van der Waals surface area contributed by atoms with Crippen molar-refractivity contribution in [1.29, 1.82) is 0 Å². The second-order valence-corrected chi connectivity index (χ2v) is 13.8. The standard InChI is InChI=1S/C39H44N6O7.C2H4O2.Tb/c1-27(30-11-6-8-28-7-2-3-9-31(28)30)40-35(46)24-43-17-21-44(25-36(47)48)19-15-42(16-20-45(22-18-43)26-37(49)50)23-29-13-14-33-38(51)32-10-4-5-12-34(32)52-39(33)41-29;1-2(3)4;/h2-14,27H,15-26H2,1H3,(H,40,46)(H,47,48)(H,49,50);1H3,(H,3,4);/q;;+3/p-3/t27-;;/m0../s1. The number of hydrogen-bond acceptors (Lipinski definition) is 14. The topological polar surface area (TPSA) is 206 Å². The van der Waals surface area contributed by atoms with Gasteiger partial charge < -0.3 is 39.4 Å². The smallest absolute Gasteiger partial charge is 0.550 e. The molecule has 16 heteroatoms. The van der Waals surface area contributed by atoms with Crippen molar-refractivity contribution in [2.45, 2.75) is 26.4 Å². The van der Waals surface area contributed by atoms with E-state index >= 15 is 0 Å². The van der Waals surface area contributed by atoms with Crippen LogP contribution in [0.5, 0.6) is 0 Å². The molecule has 0 aliphatic carbocycles. The summed E-state index contributed by atoms with van der Waals surface area (Å²) < 4.78 is 5.96. The van der Waals surface area contributed by atoms with Crippen molar-refractivity contribution in [3.63, 3.8) is 0 Å². The number of rotatable bonds is 10. The molecule has 6 rings (SSSR count). The zero-order valence-electron chi connectivity index (χ0n) is 31.8. The van der Waals surface area contributed by atoms with E-state index in [4.69, 9.17) is 14.3 Å². The molecular formula is C41H45N6O9Tb. The van der Waals surface area contributed by atoms with Gasteiger partial charge in [-0.1, -0.05) is 54.6 Å². The monoisotopic (exact) mass is 924 g/mol. The zero-order chi connectivity index (χ0) is 40.2. The average molecular weight is 925 g/mol. The van der Waals surface area contributed by atoms with Crippen LogP contribution >= 0.6 is 0 Å². The number of aromatic nitrogens is 1. The third-order valence-corrected chi connectivity index (χ3v) is 9.56. The maximum absolute atomic E-state index is 13.4. The van der Waals surface area contributed by atoms with Crippen LogP contribution in [0.25, 0.3) is 32.8 Å². The van der Waals surface area contributed by atoms with Gasteiger partial charge in [0.2, 0.25) is 17.0 Å². The van der Waals surface area contributed by atoms with E-state index in [2.05, 4.69) is 15.2 Å². The van der Waals surface area contributed by atoms with Gasteiger partial charge in [-0.15, -0.1) is 0 Å². The summed E-state index contributed by atoms with van der Waals surface area (Å²) in [6, 6.07) is 24.2. The van der Waals surface area contributed by atoms with Crippen LogP contribution in [0, 0.1) is 38.6 Å². The molecule has 0 unspecified atom stereocenters. The molecule has 1 amide bonds. The number of carboxylic acid groups (broad SMARTS) is 3. The minimum atomic E-state index is -1.20. The summed E-state index contributed by atoms with van der Waals surface area (Å²) in [5, 5.41) is 38.5. The van der Waals surface area contributed by atoms with Gasteiger partial charge in [0.25, 0.3) is 0 Å². The molecule has 0 saturated carbocycles. The second-order valence-electron chi connectivity index (χ2n) is 13.8. The van der Waals surface area contributed by atoms with E-state index in [0.717, 1.165) is 23.3 Å². The summed E-state index contributed by atoms with van der Waals surface area (Å²) in [6.07, 6.45) is 0. The Kier molecular flexibility index (Phi) is 17.4. The number of para-hydroxylation sites is 1. The summed E-state index contributed by atoms with van der Waals surface area (Å²) in [6.45, 7) is 5.84. The third kappa shape index (κ3) is 13.6. The van der Waals surface area contributed by atoms with Crippen molar-refractivity contribution in [2.75, 3.05) is 72.0 Å². The van der Waals surface area contributed by atoms with Crippen LogP contribution in [-0.2, 0) is 25.7 Å². The van der Waals surface area contributed by atoms with Crippen LogP contribution < -0.4 is 26.1 Å². The Hall–Kier alpha value is -4.45. The molecule has 0 bridgehead atoms. The Bertz CT molecular complexity index is 2190. The summed E-state index contributed by atoms with van der Waals surface area (Å²) >= 11 is 0. The molecule has 1 aliphatic heterocycles. The fourth-order valence-electron chi connectivity index (χ4n) is 6.81. The molecule has 3 heterocycles. The first-order valence-electron chi connectivity index (χ1n) is 18.4. The summed E-state index contributed by atoms with van der Waals surface area (Å²) in [5.41, 5.74) is 2.15. The summed E-state index contributed by atoms with van der Waals surface area (Å²) in [4.78, 5) is 71.0. The van der Waals surface area contributed by atoms with E-state index < -0.39 is 17.9 Å². The number of amides is 1. The molecule has 15 nitrogen and oxygen atoms in total. The molecule has 1 aliphatic rings. The number of fused-ring (bicyclic) bond motifs is 3. The van der Waals surface area contributed by atoms with Crippen LogP contribution in [0.4, 0.5) is 0 Å². The van der Waals surface area contributed by atoms with Crippen molar-refractivity contribution in [3.05, 3.63) is 100 Å². The van der Waals surface area contributed by atoms with E-state index in [1.54, 1.807) is 46.2 Å². The Balaban J connectivity index is 0.00000137. The molecular weight excluding hydrogens is 879 g/mol. The third-order valence-electron chi connectivity index (χ3n) is 9.56. The van der Waals surface area contributed by atoms with Gasteiger partial charge in [0.1, 0.15) is 5.58 Å². The number of pyridine rings is 1. The van der Waals surface area contributed by atoms with E-state index in [1.165, 1.54) is 0 Å². The fourth-order valence-corrected chi connectivity index (χ4v) is 6.81. The molecule has 0 spiro atoms. The predicted octanol–water partition coefficient (Wildman–Crippen LogP) is -0.651. The molecule has 3 aromatic carbocycles. The predicted molar refractivity (Wildman–Crippen MR) is 204 cm³/mol. The number of nitrogens with zero attached hydrogens (tertiary/aromatic N) is 5. The number of carbonyl (C=O) groups excluding carboxylic acids is 4. The molecule has 1 fully saturated rings. The van der Waals surface area contributed by atoms with Gasteiger partial charge in [-0.25, -0.2) is 4.98 Å². The number of aliphatic carboxylic acids is 3. The minimum Gasteiger partial charge on any atom is -0.550 e. The number of hydrogen-bond donors (Lipinski definition) is 1. The van der Waals surface area contributed by atoms with Crippen LogP contribution in [0.2, 0.25) is 0 Å². The SMILES string of the molecule is CC(=O)[O-].C[C@H](NC(=O)CN1CCN(CC(=O)[O-])CCN(Cc2ccc3c(=O)c4ccccc4oc3n2)CCN(CC(=O)[O-])CC1)c1cccc2ccccc12.[Tb+3]. The van der Waals surface area contributed by atoms with Gasteiger partial charge in [-0.05, 0) is 54.4 Å². The molecule has 2 aromatic heterocycles. The van der Waals surface area contributed by atoms with E-state index in [9.17, 15) is 29.4 Å². The Morgan fingerprint density at radius 3 is 1.79 bits per heavy atom. The molecule has 1 N–H and O–H groups in total. The zero-order valence-corrected chi connectivity index (χ0v) is 34.0. The summed E-state index contributed by atoms with van der Waals surface area (Å²) in [7, 11) is 0. The van der Waals surface area contributed by atoms with Gasteiger partial charge in [0, 0.05) is 78.0 Å². The van der Waals surface area contributed by atoms with Crippen molar-refractivity contribution in [3.8, 4) is 0 Å². The van der Waals surface area contributed by atoms with E-state index in [-0.39, 0.29) is 81.3 Å². The average Bonchev–Trinajstić information content (AvgIpc) is 3.15. The van der Waals surface area contributed by atoms with Crippen LogP contribution in [0.15, 0.2) is 88.1 Å². The number of benzene rings is 3. The van der Waals surface area contributed by atoms with Crippen molar-refractivity contribution in [2.24, 2.45) is 0 Å². The van der Waals surface area contributed by atoms with Crippen LogP contribution in [0.3, 0.4) is 0 Å². The number of carboxylic acids is 3. The molecule has 1 atom stereocenters. The van der Waals surface area contributed by atoms with E-state index in [1.807, 2.05) is 54.3 Å². The Morgan fingerprint density at radius 1 is 0.684 bits per heavy atom. The first-order valence-corrected chi connectivity index (χ1v) is 18.4. The van der Waals surface area contributed by atoms with Crippen LogP contribution in [-0.4, -0.2) is 120 Å². The molecule has 1 saturated heterocycles. The number of carbonyl (C=O) groups is 4. The molecule has 0 radical (unpaired) electrons.